The highest BCUT2D eigenvalue weighted by molar-refractivity contribution is 5.95. The summed E-state index contributed by atoms with van der Waals surface area (Å²) in [6.07, 6.45) is 3.20. The first-order chi connectivity index (χ1) is 7.25. The van der Waals surface area contributed by atoms with Gasteiger partial charge in [0.1, 0.15) is 11.7 Å². The number of nitrogens with one attached hydrogen (secondary N) is 1. The van der Waals surface area contributed by atoms with Crippen molar-refractivity contribution in [2.75, 3.05) is 11.9 Å². The Kier molecular flexibility index (Phi) is 2.99. The number of halogens is 1. The minimum absolute atomic E-state index is 0.214. The zero-order valence-electron chi connectivity index (χ0n) is 8.89. The van der Waals surface area contributed by atoms with Gasteiger partial charge in [0, 0.05) is 13.0 Å². The summed E-state index contributed by atoms with van der Waals surface area (Å²) in [5.74, 6) is 0.694. The molecule has 0 spiro atoms. The number of anilines is 1. The highest BCUT2D eigenvalue weighted by Gasteiger charge is 2.08. The summed E-state index contributed by atoms with van der Waals surface area (Å²) in [5.41, 5.74) is 1.59. The van der Waals surface area contributed by atoms with Gasteiger partial charge in [-0.15, -0.1) is 0 Å². The summed E-state index contributed by atoms with van der Waals surface area (Å²) in [6.45, 7) is 2.81. The van der Waals surface area contributed by atoms with Gasteiger partial charge in [-0.3, -0.25) is 4.99 Å². The average Bonchev–Trinajstić information content (AvgIpc) is 2.25. The Morgan fingerprint density at radius 2 is 2.20 bits per heavy atom. The average molecular weight is 206 g/mol. The maximum Gasteiger partial charge on any atom is 0.146 e. The highest BCUT2D eigenvalue weighted by Crippen LogP contribution is 2.17. The standard InChI is InChI=1S/C12H15FN2/c1-9-5-6-10(13)11(8-9)15-12-4-2-3-7-14-12/h5-6,8H,2-4,7H2,1H3,(H,14,15). The Hall–Kier alpha value is -1.38. The number of nitrogens with zero attached hydrogens (tertiary/aromatic N) is 1. The van der Waals surface area contributed by atoms with Crippen LogP contribution in [-0.4, -0.2) is 12.4 Å². The first kappa shape index (κ1) is 10.1. The molecule has 1 N–H and O–H groups in total. The van der Waals surface area contributed by atoms with E-state index in [1.54, 1.807) is 6.07 Å². The van der Waals surface area contributed by atoms with Crippen LogP contribution in [0.5, 0.6) is 0 Å². The molecule has 80 valence electrons. The van der Waals surface area contributed by atoms with Crippen molar-refractivity contribution in [3.05, 3.63) is 29.6 Å². The Balaban J connectivity index is 2.15. The molecule has 0 fully saturated rings. The zero-order chi connectivity index (χ0) is 10.7. The van der Waals surface area contributed by atoms with Crippen LogP contribution < -0.4 is 5.32 Å². The van der Waals surface area contributed by atoms with Crippen molar-refractivity contribution in [2.24, 2.45) is 4.99 Å². The van der Waals surface area contributed by atoms with Crippen molar-refractivity contribution < 1.29 is 4.39 Å². The second-order valence-corrected chi connectivity index (χ2v) is 3.89. The van der Waals surface area contributed by atoms with Gasteiger partial charge in [-0.1, -0.05) is 6.07 Å². The fourth-order valence-corrected chi connectivity index (χ4v) is 1.69. The molecular weight excluding hydrogens is 191 g/mol. The minimum Gasteiger partial charge on any atom is -0.342 e. The largest absolute Gasteiger partial charge is 0.342 e. The molecule has 0 bridgehead atoms. The number of aliphatic imine (C=N–C) groups is 1. The predicted molar refractivity (Wildman–Crippen MR) is 60.9 cm³/mol. The molecule has 0 saturated heterocycles. The Morgan fingerprint density at radius 3 is 2.93 bits per heavy atom. The quantitative estimate of drug-likeness (QED) is 0.750. The number of hydrogen-bond donors (Lipinski definition) is 1. The second-order valence-electron chi connectivity index (χ2n) is 3.89. The minimum atomic E-state index is -0.214. The van der Waals surface area contributed by atoms with E-state index in [9.17, 15) is 4.39 Å². The monoisotopic (exact) mass is 206 g/mol. The van der Waals surface area contributed by atoms with E-state index in [2.05, 4.69) is 10.3 Å². The molecule has 0 aromatic heterocycles. The van der Waals surface area contributed by atoms with Gasteiger partial charge in [-0.25, -0.2) is 4.39 Å². The molecule has 2 nitrogen and oxygen atoms in total. The van der Waals surface area contributed by atoms with E-state index < -0.39 is 0 Å². The van der Waals surface area contributed by atoms with Gasteiger partial charge >= 0.3 is 0 Å². The molecule has 15 heavy (non-hydrogen) atoms. The van der Waals surface area contributed by atoms with Gasteiger partial charge in [0.2, 0.25) is 0 Å². The third-order valence-corrected chi connectivity index (χ3v) is 2.53. The predicted octanol–water partition coefficient (Wildman–Crippen LogP) is 3.13. The maximum atomic E-state index is 13.4. The van der Waals surface area contributed by atoms with Crippen LogP contribution >= 0.6 is 0 Å². The van der Waals surface area contributed by atoms with Crippen molar-refractivity contribution >= 4 is 11.5 Å². The van der Waals surface area contributed by atoms with Crippen LogP contribution in [0.15, 0.2) is 23.2 Å². The third kappa shape index (κ3) is 2.55. The van der Waals surface area contributed by atoms with E-state index in [4.69, 9.17) is 0 Å². The zero-order valence-corrected chi connectivity index (χ0v) is 8.89. The summed E-state index contributed by atoms with van der Waals surface area (Å²) in [6, 6.07) is 5.07. The van der Waals surface area contributed by atoms with E-state index in [1.165, 1.54) is 6.07 Å². The summed E-state index contributed by atoms with van der Waals surface area (Å²) in [5, 5.41) is 3.06. The first-order valence-corrected chi connectivity index (χ1v) is 5.32. The van der Waals surface area contributed by atoms with Gasteiger partial charge in [0.25, 0.3) is 0 Å². The molecule has 0 aliphatic carbocycles. The molecule has 2 rings (SSSR count). The lowest BCUT2D eigenvalue weighted by atomic mass is 10.1. The molecule has 0 amide bonds. The van der Waals surface area contributed by atoms with E-state index in [0.29, 0.717) is 5.69 Å². The van der Waals surface area contributed by atoms with Crippen LogP contribution in [0.25, 0.3) is 0 Å². The lowest BCUT2D eigenvalue weighted by molar-refractivity contribution is 0.631. The molecule has 3 heteroatoms. The summed E-state index contributed by atoms with van der Waals surface area (Å²) >= 11 is 0. The maximum absolute atomic E-state index is 13.4. The van der Waals surface area contributed by atoms with Gasteiger partial charge in [-0.2, -0.15) is 0 Å². The van der Waals surface area contributed by atoms with Gasteiger partial charge in [0.05, 0.1) is 5.69 Å². The number of hydrogen-bond acceptors (Lipinski definition) is 2. The molecule has 1 aromatic carbocycles. The third-order valence-electron chi connectivity index (χ3n) is 2.53. The van der Waals surface area contributed by atoms with Gasteiger partial charge in [0.15, 0.2) is 0 Å². The van der Waals surface area contributed by atoms with Gasteiger partial charge in [-0.05, 0) is 37.5 Å². The molecule has 1 heterocycles. The topological polar surface area (TPSA) is 24.4 Å². The SMILES string of the molecule is Cc1ccc(F)c(NC2=NCCCC2)c1. The molecular formula is C12H15FN2. The molecule has 0 unspecified atom stereocenters. The fraction of sp³-hybridized carbons (Fsp3) is 0.417. The van der Waals surface area contributed by atoms with E-state index in [0.717, 1.165) is 37.2 Å². The molecule has 0 atom stereocenters. The Morgan fingerprint density at radius 1 is 1.33 bits per heavy atom. The smallest absolute Gasteiger partial charge is 0.146 e. The lowest BCUT2D eigenvalue weighted by Crippen LogP contribution is -2.16. The molecule has 1 aromatic rings. The number of benzene rings is 1. The number of amidine groups is 1. The molecule has 1 aliphatic heterocycles. The van der Waals surface area contributed by atoms with E-state index >= 15 is 0 Å². The summed E-state index contributed by atoms with van der Waals surface area (Å²) in [7, 11) is 0. The van der Waals surface area contributed by atoms with Crippen molar-refractivity contribution in [1.82, 2.24) is 0 Å². The van der Waals surface area contributed by atoms with Gasteiger partial charge < -0.3 is 5.32 Å². The van der Waals surface area contributed by atoms with Crippen LogP contribution in [0.4, 0.5) is 10.1 Å². The van der Waals surface area contributed by atoms with Crippen molar-refractivity contribution in [3.8, 4) is 0 Å². The van der Waals surface area contributed by atoms with Crippen LogP contribution in [0.1, 0.15) is 24.8 Å². The number of rotatable bonds is 1. The fourth-order valence-electron chi connectivity index (χ4n) is 1.69. The van der Waals surface area contributed by atoms with Crippen LogP contribution in [0.2, 0.25) is 0 Å². The van der Waals surface area contributed by atoms with E-state index in [-0.39, 0.29) is 5.82 Å². The lowest BCUT2D eigenvalue weighted by Gasteiger charge is -2.14. The molecule has 0 saturated carbocycles. The molecule has 0 radical (unpaired) electrons. The summed E-state index contributed by atoms with van der Waals surface area (Å²) in [4.78, 5) is 4.33. The summed E-state index contributed by atoms with van der Waals surface area (Å²) < 4.78 is 13.4. The van der Waals surface area contributed by atoms with Crippen molar-refractivity contribution in [2.45, 2.75) is 26.2 Å². The first-order valence-electron chi connectivity index (χ1n) is 5.32. The Bertz CT molecular complexity index is 385. The molecule has 1 aliphatic rings. The van der Waals surface area contributed by atoms with Crippen LogP contribution in [0.3, 0.4) is 0 Å². The Labute approximate surface area is 89.2 Å². The van der Waals surface area contributed by atoms with E-state index in [1.807, 2.05) is 13.0 Å². The normalized spacial score (nSPS) is 16.0. The highest BCUT2D eigenvalue weighted by atomic mass is 19.1. The number of aryl methyl sites for hydroxylation is 1. The van der Waals surface area contributed by atoms with Crippen molar-refractivity contribution in [1.29, 1.82) is 0 Å². The van der Waals surface area contributed by atoms with Crippen LogP contribution in [-0.2, 0) is 0 Å². The van der Waals surface area contributed by atoms with Crippen LogP contribution in [0, 0.1) is 12.7 Å². The second kappa shape index (κ2) is 4.43. The van der Waals surface area contributed by atoms with Crippen molar-refractivity contribution in [3.63, 3.8) is 0 Å².